The van der Waals surface area contributed by atoms with E-state index in [2.05, 4.69) is 24.1 Å². The summed E-state index contributed by atoms with van der Waals surface area (Å²) in [5.41, 5.74) is 3.49. The number of unbranched alkanes of at least 4 members (excludes halogenated alkanes) is 1. The monoisotopic (exact) mass is 352 g/mol. The largest absolute Gasteiger partial charge is 0.339 e. The molecule has 0 amide bonds. The second-order valence-electron chi connectivity index (χ2n) is 7.10. The van der Waals surface area contributed by atoms with Gasteiger partial charge in [0.1, 0.15) is 18.0 Å². The van der Waals surface area contributed by atoms with E-state index in [1.54, 1.807) is 6.20 Å². The summed E-state index contributed by atoms with van der Waals surface area (Å²) in [5.74, 6) is 0.969. The van der Waals surface area contributed by atoms with Crippen LogP contribution in [0.2, 0.25) is 0 Å². The molecule has 2 aromatic rings. The van der Waals surface area contributed by atoms with E-state index in [-0.39, 0.29) is 5.92 Å². The van der Waals surface area contributed by atoms with Gasteiger partial charge >= 0.3 is 0 Å². The number of pyridine rings is 1. The lowest BCUT2D eigenvalue weighted by atomic mass is 9.95. The number of benzene rings is 1. The van der Waals surface area contributed by atoms with E-state index in [0.717, 1.165) is 59.1 Å². The summed E-state index contributed by atoms with van der Waals surface area (Å²) in [6.45, 7) is 4.31. The molecular formula is C21H25FN4. The van der Waals surface area contributed by atoms with E-state index in [9.17, 15) is 0 Å². The van der Waals surface area contributed by atoms with Crippen LogP contribution in [0, 0.1) is 5.92 Å². The fourth-order valence-electron chi connectivity index (χ4n) is 4.06. The summed E-state index contributed by atoms with van der Waals surface area (Å²) in [5, 5.41) is 4.33. The van der Waals surface area contributed by atoms with Gasteiger partial charge in [0.25, 0.3) is 0 Å². The molecule has 1 N–H and O–H groups in total. The second-order valence-corrected chi connectivity index (χ2v) is 7.10. The normalized spacial score (nSPS) is 22.5. The number of fused-ring (bicyclic) bond motifs is 5. The van der Waals surface area contributed by atoms with Gasteiger partial charge in [0.2, 0.25) is 0 Å². The molecule has 0 spiro atoms. The van der Waals surface area contributed by atoms with Gasteiger partial charge in [-0.3, -0.25) is 4.99 Å². The molecule has 3 heterocycles. The number of rotatable bonds is 5. The van der Waals surface area contributed by atoms with Crippen LogP contribution in [0.3, 0.4) is 0 Å². The number of para-hydroxylation sites is 1. The number of aromatic nitrogens is 1. The summed E-state index contributed by atoms with van der Waals surface area (Å²) in [6, 6.07) is 11.3. The molecule has 26 heavy (non-hydrogen) atoms. The molecule has 2 aliphatic rings. The Bertz CT molecular complexity index is 819. The second kappa shape index (κ2) is 7.16. The Morgan fingerprint density at radius 3 is 2.85 bits per heavy atom. The van der Waals surface area contributed by atoms with Gasteiger partial charge < -0.3 is 5.32 Å². The minimum atomic E-state index is -0.482. The molecule has 5 heteroatoms. The molecule has 1 aromatic heterocycles. The molecule has 0 fully saturated rings. The maximum absolute atomic E-state index is 15.6. The number of hydrogen-bond donors (Lipinski definition) is 1. The van der Waals surface area contributed by atoms with Gasteiger partial charge in [-0.1, -0.05) is 44.9 Å². The van der Waals surface area contributed by atoms with Crippen LogP contribution >= 0.6 is 0 Å². The van der Waals surface area contributed by atoms with Crippen LogP contribution in [-0.2, 0) is 0 Å². The average molecular weight is 352 g/mol. The number of nitrogens with zero attached hydrogens (tertiary/aromatic N) is 3. The highest BCUT2D eigenvalue weighted by Gasteiger charge is 2.44. The SMILES string of the molecule is CCCCC(CC)C1N=C2c3cccnc3Nc3ccccc3C2N1F. The van der Waals surface area contributed by atoms with Gasteiger partial charge in [-0.15, -0.1) is 9.60 Å². The van der Waals surface area contributed by atoms with Crippen molar-refractivity contribution in [3.8, 4) is 0 Å². The summed E-state index contributed by atoms with van der Waals surface area (Å²) in [7, 11) is 0. The smallest absolute Gasteiger partial charge is 0.139 e. The van der Waals surface area contributed by atoms with E-state index < -0.39 is 12.2 Å². The summed E-state index contributed by atoms with van der Waals surface area (Å²) in [4.78, 5) is 9.37. The molecule has 0 saturated heterocycles. The fourth-order valence-corrected chi connectivity index (χ4v) is 4.06. The zero-order chi connectivity index (χ0) is 18.1. The number of hydrogen-bond acceptors (Lipinski definition) is 4. The Morgan fingerprint density at radius 2 is 2.04 bits per heavy atom. The lowest BCUT2D eigenvalue weighted by Gasteiger charge is -2.27. The molecule has 3 atom stereocenters. The highest BCUT2D eigenvalue weighted by Crippen LogP contribution is 2.44. The predicted molar refractivity (Wildman–Crippen MR) is 103 cm³/mol. The predicted octanol–water partition coefficient (Wildman–Crippen LogP) is 5.41. The van der Waals surface area contributed by atoms with Crippen molar-refractivity contribution < 1.29 is 4.48 Å². The minimum Gasteiger partial charge on any atom is -0.339 e. The van der Waals surface area contributed by atoms with Crippen molar-refractivity contribution in [3.05, 3.63) is 53.7 Å². The first-order valence-electron chi connectivity index (χ1n) is 9.57. The fraction of sp³-hybridized carbons (Fsp3) is 0.429. The molecular weight excluding hydrogens is 327 g/mol. The Hall–Kier alpha value is -2.27. The molecule has 4 rings (SSSR count). The lowest BCUT2D eigenvalue weighted by Crippen LogP contribution is -2.32. The van der Waals surface area contributed by atoms with Gasteiger partial charge in [0.05, 0.1) is 5.71 Å². The van der Waals surface area contributed by atoms with Gasteiger partial charge in [-0.25, -0.2) is 4.98 Å². The summed E-state index contributed by atoms with van der Waals surface area (Å²) < 4.78 is 15.6. The van der Waals surface area contributed by atoms with Gasteiger partial charge in [-0.2, -0.15) is 0 Å². The molecule has 2 aliphatic heterocycles. The maximum atomic E-state index is 15.6. The summed E-state index contributed by atoms with van der Waals surface area (Å²) >= 11 is 0. The molecule has 0 aliphatic carbocycles. The standard InChI is InChI=1S/C21H25FN4/c1-3-5-9-14(4-2)21-25-18-16-11-8-13-23-20(16)24-17-12-7-6-10-15(17)19(18)26(21)22/h6-8,10-14,19,21H,3-5,9H2,1-2H3,(H,23,24). The van der Waals surface area contributed by atoms with E-state index in [1.165, 1.54) is 0 Å². The first-order chi connectivity index (χ1) is 12.7. The molecule has 1 aromatic carbocycles. The third-order valence-electron chi connectivity index (χ3n) is 5.50. The van der Waals surface area contributed by atoms with Crippen molar-refractivity contribution in [2.24, 2.45) is 10.9 Å². The first kappa shape index (κ1) is 17.2. The number of halogens is 1. The average Bonchev–Trinajstić information content (AvgIpc) is 2.93. The van der Waals surface area contributed by atoms with Crippen LogP contribution in [0.25, 0.3) is 0 Å². The van der Waals surface area contributed by atoms with Crippen LogP contribution in [0.5, 0.6) is 0 Å². The molecule has 4 nitrogen and oxygen atoms in total. The minimum absolute atomic E-state index is 0.222. The third-order valence-corrected chi connectivity index (χ3v) is 5.50. The molecule has 0 radical (unpaired) electrons. The number of aliphatic imine (C=N–C) groups is 1. The van der Waals surface area contributed by atoms with Gasteiger partial charge in [-0.05, 0) is 37.0 Å². The molecule has 0 saturated carbocycles. The van der Waals surface area contributed by atoms with Crippen molar-refractivity contribution >= 4 is 17.2 Å². The first-order valence-corrected chi connectivity index (χ1v) is 9.57. The highest BCUT2D eigenvalue weighted by atomic mass is 19.2. The van der Waals surface area contributed by atoms with Crippen molar-refractivity contribution in [3.63, 3.8) is 0 Å². The Labute approximate surface area is 154 Å². The van der Waals surface area contributed by atoms with Gasteiger partial charge in [0, 0.05) is 23.0 Å². The van der Waals surface area contributed by atoms with E-state index >= 15 is 4.48 Å². The zero-order valence-corrected chi connectivity index (χ0v) is 15.3. The highest BCUT2D eigenvalue weighted by molar-refractivity contribution is 6.11. The van der Waals surface area contributed by atoms with Gasteiger partial charge in [0.15, 0.2) is 0 Å². The van der Waals surface area contributed by atoms with Crippen LogP contribution in [0.1, 0.15) is 56.7 Å². The van der Waals surface area contributed by atoms with Crippen LogP contribution in [0.15, 0.2) is 47.6 Å². The van der Waals surface area contributed by atoms with Crippen LogP contribution < -0.4 is 5.32 Å². The van der Waals surface area contributed by atoms with E-state index in [0.29, 0.717) is 0 Å². The van der Waals surface area contributed by atoms with Crippen molar-refractivity contribution in [1.29, 1.82) is 0 Å². The Kier molecular flexibility index (Phi) is 4.72. The van der Waals surface area contributed by atoms with Crippen molar-refractivity contribution in [1.82, 2.24) is 10.1 Å². The number of nitrogens with one attached hydrogen (secondary N) is 1. The molecule has 0 bridgehead atoms. The Balaban J connectivity index is 1.82. The number of anilines is 2. The van der Waals surface area contributed by atoms with Crippen LogP contribution in [-0.4, -0.2) is 22.0 Å². The Morgan fingerprint density at radius 1 is 1.19 bits per heavy atom. The topological polar surface area (TPSA) is 40.5 Å². The van der Waals surface area contributed by atoms with Crippen LogP contribution in [0.4, 0.5) is 16.0 Å². The maximum Gasteiger partial charge on any atom is 0.139 e. The molecule has 3 unspecified atom stereocenters. The van der Waals surface area contributed by atoms with E-state index in [4.69, 9.17) is 4.99 Å². The van der Waals surface area contributed by atoms with E-state index in [1.807, 2.05) is 36.4 Å². The zero-order valence-electron chi connectivity index (χ0n) is 15.3. The quantitative estimate of drug-likeness (QED) is 0.731. The van der Waals surface area contributed by atoms with Crippen molar-refractivity contribution in [2.75, 3.05) is 5.32 Å². The third kappa shape index (κ3) is 2.80. The molecule has 136 valence electrons. The van der Waals surface area contributed by atoms with Crippen molar-refractivity contribution in [2.45, 2.75) is 51.7 Å². The lowest BCUT2D eigenvalue weighted by molar-refractivity contribution is -0.0501. The summed E-state index contributed by atoms with van der Waals surface area (Å²) in [6.07, 6.45) is 5.48.